The third-order valence-electron chi connectivity index (χ3n) is 3.74. The van der Waals surface area contributed by atoms with Crippen LogP contribution in [-0.2, 0) is 0 Å². The van der Waals surface area contributed by atoms with Gasteiger partial charge in [-0.1, -0.05) is 45.8 Å². The van der Waals surface area contributed by atoms with Gasteiger partial charge in [-0.15, -0.1) is 0 Å². The third kappa shape index (κ3) is 5.04. The van der Waals surface area contributed by atoms with Gasteiger partial charge >= 0.3 is 0 Å². The fourth-order valence-electron chi connectivity index (χ4n) is 2.35. The van der Waals surface area contributed by atoms with Crippen molar-refractivity contribution >= 4 is 21.8 Å². The van der Waals surface area contributed by atoms with Crippen LogP contribution in [0.1, 0.15) is 16.2 Å². The van der Waals surface area contributed by atoms with Gasteiger partial charge in [-0.05, 0) is 36.8 Å². The molecule has 138 valence electrons. The number of ether oxygens (including phenoxy) is 2. The van der Waals surface area contributed by atoms with Crippen molar-refractivity contribution in [2.75, 3.05) is 13.2 Å². The molecule has 6 nitrogen and oxygen atoms in total. The number of aryl methyl sites for hydroxylation is 1. The number of primary amides is 1. The topological polar surface area (TPSA) is 87.3 Å². The minimum Gasteiger partial charge on any atom is -0.490 e. The van der Waals surface area contributed by atoms with Crippen LogP contribution in [0.25, 0.3) is 11.1 Å². The molecule has 1 heterocycles. The van der Waals surface area contributed by atoms with Crippen molar-refractivity contribution in [1.82, 2.24) is 9.97 Å². The number of halogens is 1. The molecule has 7 heteroatoms. The highest BCUT2D eigenvalue weighted by molar-refractivity contribution is 9.10. The number of amides is 1. The molecule has 0 spiro atoms. The van der Waals surface area contributed by atoms with Crippen molar-refractivity contribution in [2.45, 2.75) is 6.92 Å². The maximum atomic E-state index is 11.4. The summed E-state index contributed by atoms with van der Waals surface area (Å²) in [5.74, 6) is 0.235. The number of nitrogens with zero attached hydrogens (tertiary/aromatic N) is 2. The largest absolute Gasteiger partial charge is 0.490 e. The molecule has 3 rings (SSSR count). The number of carbonyl (C=O) groups is 1. The van der Waals surface area contributed by atoms with Gasteiger partial charge in [0.1, 0.15) is 19.0 Å². The molecule has 2 aromatic carbocycles. The molecule has 0 saturated carbocycles. The minimum atomic E-state index is -0.707. The molecule has 2 N–H and O–H groups in total. The lowest BCUT2D eigenvalue weighted by Gasteiger charge is -2.12. The first-order valence-electron chi connectivity index (χ1n) is 8.28. The Morgan fingerprint density at radius 1 is 1.04 bits per heavy atom. The summed E-state index contributed by atoms with van der Waals surface area (Å²) in [4.78, 5) is 19.6. The fraction of sp³-hybridized carbons (Fsp3) is 0.150. The Labute approximate surface area is 165 Å². The van der Waals surface area contributed by atoms with Gasteiger partial charge in [0.15, 0.2) is 0 Å². The van der Waals surface area contributed by atoms with Gasteiger partial charge in [-0.2, -0.15) is 4.98 Å². The van der Waals surface area contributed by atoms with Gasteiger partial charge in [0, 0.05) is 10.7 Å². The molecule has 0 aliphatic carbocycles. The van der Waals surface area contributed by atoms with E-state index < -0.39 is 5.91 Å². The summed E-state index contributed by atoms with van der Waals surface area (Å²) in [7, 11) is 0. The average molecular weight is 428 g/mol. The second kappa shape index (κ2) is 8.64. The van der Waals surface area contributed by atoms with Crippen LogP contribution in [0.5, 0.6) is 11.6 Å². The van der Waals surface area contributed by atoms with E-state index in [-0.39, 0.29) is 12.4 Å². The van der Waals surface area contributed by atoms with E-state index >= 15 is 0 Å². The maximum absolute atomic E-state index is 11.4. The van der Waals surface area contributed by atoms with E-state index in [1.807, 2.05) is 55.5 Å². The Kier molecular flexibility index (Phi) is 6.03. The molecule has 0 unspecified atom stereocenters. The molecule has 0 fully saturated rings. The average Bonchev–Trinajstić information content (AvgIpc) is 2.67. The van der Waals surface area contributed by atoms with Crippen LogP contribution in [-0.4, -0.2) is 29.1 Å². The molecule has 0 aliphatic heterocycles. The summed E-state index contributed by atoms with van der Waals surface area (Å²) >= 11 is 3.38. The number of benzene rings is 2. The maximum Gasteiger partial charge on any atom is 0.286 e. The number of nitrogens with two attached hydrogens (primary N) is 1. The molecule has 1 aromatic heterocycles. The zero-order valence-corrected chi connectivity index (χ0v) is 16.3. The van der Waals surface area contributed by atoms with E-state index in [1.54, 1.807) is 6.20 Å². The molecule has 0 atom stereocenters. The van der Waals surface area contributed by atoms with Gasteiger partial charge in [0.25, 0.3) is 5.91 Å². The van der Waals surface area contributed by atoms with Crippen LogP contribution < -0.4 is 15.2 Å². The van der Waals surface area contributed by atoms with E-state index in [0.29, 0.717) is 18.1 Å². The number of hydrogen-bond donors (Lipinski definition) is 1. The lowest BCUT2D eigenvalue weighted by molar-refractivity contribution is 0.0989. The Balaban J connectivity index is 1.73. The van der Waals surface area contributed by atoms with Crippen molar-refractivity contribution in [1.29, 1.82) is 0 Å². The summed E-state index contributed by atoms with van der Waals surface area (Å²) in [5, 5.41) is 0. The Morgan fingerprint density at radius 3 is 2.37 bits per heavy atom. The second-order valence-corrected chi connectivity index (χ2v) is 6.71. The van der Waals surface area contributed by atoms with Crippen molar-refractivity contribution in [3.63, 3.8) is 0 Å². The van der Waals surface area contributed by atoms with Crippen molar-refractivity contribution in [2.24, 2.45) is 5.73 Å². The Bertz CT molecular complexity index is 928. The summed E-state index contributed by atoms with van der Waals surface area (Å²) in [5.41, 5.74) is 8.00. The normalized spacial score (nSPS) is 10.4. The monoisotopic (exact) mass is 427 g/mol. The molecule has 27 heavy (non-hydrogen) atoms. The summed E-state index contributed by atoms with van der Waals surface area (Å²) < 4.78 is 12.4. The highest BCUT2D eigenvalue weighted by atomic mass is 79.9. The van der Waals surface area contributed by atoms with Crippen molar-refractivity contribution < 1.29 is 14.3 Å². The van der Waals surface area contributed by atoms with Gasteiger partial charge in [0.05, 0.1) is 5.56 Å². The highest BCUT2D eigenvalue weighted by Gasteiger charge is 2.13. The SMILES string of the molecule is Cc1ccc(-c2cnc(C(N)=O)nc2OCCOc2ccc(Br)cc2)cc1. The van der Waals surface area contributed by atoms with Gasteiger partial charge in [-0.3, -0.25) is 4.79 Å². The predicted octanol–water partition coefficient (Wildman–Crippen LogP) is 3.77. The zero-order chi connectivity index (χ0) is 19.2. The Morgan fingerprint density at radius 2 is 1.70 bits per heavy atom. The van der Waals surface area contributed by atoms with Crippen LogP contribution in [0.2, 0.25) is 0 Å². The molecular weight excluding hydrogens is 410 g/mol. The zero-order valence-electron chi connectivity index (χ0n) is 14.7. The molecule has 0 saturated heterocycles. The summed E-state index contributed by atoms with van der Waals surface area (Å²) in [6, 6.07) is 15.4. The van der Waals surface area contributed by atoms with E-state index in [9.17, 15) is 4.79 Å². The van der Waals surface area contributed by atoms with E-state index in [2.05, 4.69) is 25.9 Å². The summed E-state index contributed by atoms with van der Waals surface area (Å²) in [6.07, 6.45) is 1.54. The van der Waals surface area contributed by atoms with Gasteiger partial charge in [-0.25, -0.2) is 4.98 Å². The number of rotatable bonds is 7. The van der Waals surface area contributed by atoms with Gasteiger partial charge in [0.2, 0.25) is 11.7 Å². The minimum absolute atomic E-state index is 0.0883. The van der Waals surface area contributed by atoms with E-state index in [0.717, 1.165) is 21.3 Å². The third-order valence-corrected chi connectivity index (χ3v) is 4.27. The number of aromatic nitrogens is 2. The predicted molar refractivity (Wildman–Crippen MR) is 106 cm³/mol. The molecular formula is C20H18BrN3O3. The number of carbonyl (C=O) groups excluding carboxylic acids is 1. The molecule has 0 radical (unpaired) electrons. The second-order valence-electron chi connectivity index (χ2n) is 5.79. The standard InChI is InChI=1S/C20H18BrN3O3/c1-13-2-4-14(5-3-13)17-12-23-19(18(22)25)24-20(17)27-11-10-26-16-8-6-15(21)7-9-16/h2-9,12H,10-11H2,1H3,(H2,22,25). The quantitative estimate of drug-likeness (QED) is 0.579. The number of hydrogen-bond acceptors (Lipinski definition) is 5. The van der Waals surface area contributed by atoms with Crippen LogP contribution in [0.3, 0.4) is 0 Å². The first-order valence-corrected chi connectivity index (χ1v) is 9.07. The molecule has 0 aliphatic rings. The molecule has 1 amide bonds. The molecule has 3 aromatic rings. The van der Waals surface area contributed by atoms with Crippen LogP contribution >= 0.6 is 15.9 Å². The fourth-order valence-corrected chi connectivity index (χ4v) is 2.62. The van der Waals surface area contributed by atoms with E-state index in [4.69, 9.17) is 15.2 Å². The van der Waals surface area contributed by atoms with Crippen LogP contribution in [0, 0.1) is 6.92 Å². The van der Waals surface area contributed by atoms with Gasteiger partial charge < -0.3 is 15.2 Å². The lowest BCUT2D eigenvalue weighted by Crippen LogP contribution is -2.17. The molecule has 0 bridgehead atoms. The highest BCUT2D eigenvalue weighted by Crippen LogP contribution is 2.28. The first-order chi connectivity index (χ1) is 13.0. The lowest BCUT2D eigenvalue weighted by atomic mass is 10.1. The van der Waals surface area contributed by atoms with E-state index in [1.165, 1.54) is 0 Å². The summed E-state index contributed by atoms with van der Waals surface area (Å²) in [6.45, 7) is 2.59. The van der Waals surface area contributed by atoms with Crippen molar-refractivity contribution in [3.05, 3.63) is 70.6 Å². The van der Waals surface area contributed by atoms with Crippen LogP contribution in [0.4, 0.5) is 0 Å². The van der Waals surface area contributed by atoms with Crippen LogP contribution in [0.15, 0.2) is 59.2 Å². The first kappa shape index (κ1) is 18.8. The Hall–Kier alpha value is -2.93. The smallest absolute Gasteiger partial charge is 0.286 e. The van der Waals surface area contributed by atoms with Crippen molar-refractivity contribution in [3.8, 4) is 22.8 Å².